The van der Waals surface area contributed by atoms with Crippen LogP contribution in [-0.4, -0.2) is 11.5 Å². The van der Waals surface area contributed by atoms with E-state index in [-0.39, 0.29) is 0 Å². The summed E-state index contributed by atoms with van der Waals surface area (Å²) < 4.78 is 0. The molecule has 1 aliphatic rings. The average Bonchev–Trinajstić information content (AvgIpc) is 2.90. The molecule has 0 saturated heterocycles. The highest BCUT2D eigenvalue weighted by molar-refractivity contribution is 5.84. The molecule has 2 atom stereocenters. The van der Waals surface area contributed by atoms with Gasteiger partial charge in [0, 0.05) is 17.1 Å². The second kappa shape index (κ2) is 2.85. The van der Waals surface area contributed by atoms with Gasteiger partial charge in [-0.05, 0) is 36.4 Å². The summed E-state index contributed by atoms with van der Waals surface area (Å²) in [6.45, 7) is 0.824. The summed E-state index contributed by atoms with van der Waals surface area (Å²) in [7, 11) is 0. The number of nitrogens with one attached hydrogen (secondary N) is 1. The van der Waals surface area contributed by atoms with Gasteiger partial charge in [-0.15, -0.1) is 0 Å². The van der Waals surface area contributed by atoms with E-state index in [1.54, 1.807) is 0 Å². The standard InChI is InChI=1S/C12H14N2/c13-6-8-5-10(8)11-7-14-12-4-2-1-3-9(11)12/h1-4,7-8,10,14H,5-6,13H2/t8-,10+/m0/s1. The van der Waals surface area contributed by atoms with Gasteiger partial charge in [-0.3, -0.25) is 0 Å². The molecule has 2 aromatic rings. The number of benzene rings is 1. The van der Waals surface area contributed by atoms with E-state index in [4.69, 9.17) is 5.73 Å². The molecule has 0 spiro atoms. The zero-order valence-corrected chi connectivity index (χ0v) is 8.03. The number of rotatable bonds is 2. The maximum Gasteiger partial charge on any atom is 0.0456 e. The van der Waals surface area contributed by atoms with E-state index in [0.29, 0.717) is 11.8 Å². The van der Waals surface area contributed by atoms with Gasteiger partial charge in [0.1, 0.15) is 0 Å². The monoisotopic (exact) mass is 186 g/mol. The highest BCUT2D eigenvalue weighted by Gasteiger charge is 2.38. The molecule has 2 heteroatoms. The molecule has 1 aliphatic carbocycles. The van der Waals surface area contributed by atoms with Crippen molar-refractivity contribution in [1.29, 1.82) is 0 Å². The number of hydrogen-bond acceptors (Lipinski definition) is 1. The zero-order valence-electron chi connectivity index (χ0n) is 8.03. The number of fused-ring (bicyclic) bond motifs is 1. The highest BCUT2D eigenvalue weighted by atomic mass is 14.7. The van der Waals surface area contributed by atoms with Crippen molar-refractivity contribution in [2.24, 2.45) is 11.7 Å². The third-order valence-electron chi connectivity index (χ3n) is 3.25. The molecule has 1 heterocycles. The minimum atomic E-state index is 0.705. The van der Waals surface area contributed by atoms with Crippen LogP contribution in [0.1, 0.15) is 17.9 Å². The van der Waals surface area contributed by atoms with Crippen LogP contribution in [0, 0.1) is 5.92 Å². The molecule has 3 rings (SSSR count). The van der Waals surface area contributed by atoms with Crippen LogP contribution in [-0.2, 0) is 0 Å². The van der Waals surface area contributed by atoms with E-state index in [9.17, 15) is 0 Å². The predicted octanol–water partition coefficient (Wildman–Crippen LogP) is 2.23. The Labute approximate surface area is 83.1 Å². The molecule has 0 amide bonds. The lowest BCUT2D eigenvalue weighted by Crippen LogP contribution is -2.01. The Hall–Kier alpha value is -1.28. The molecular weight excluding hydrogens is 172 g/mol. The van der Waals surface area contributed by atoms with Crippen molar-refractivity contribution in [3.63, 3.8) is 0 Å². The molecular formula is C12H14N2. The van der Waals surface area contributed by atoms with Gasteiger partial charge in [0.25, 0.3) is 0 Å². The summed E-state index contributed by atoms with van der Waals surface area (Å²) >= 11 is 0. The van der Waals surface area contributed by atoms with Crippen molar-refractivity contribution in [3.05, 3.63) is 36.0 Å². The van der Waals surface area contributed by atoms with Crippen LogP contribution in [0.15, 0.2) is 30.5 Å². The summed E-state index contributed by atoms with van der Waals surface area (Å²) in [6.07, 6.45) is 3.41. The number of aromatic nitrogens is 1. The van der Waals surface area contributed by atoms with Gasteiger partial charge < -0.3 is 10.7 Å². The van der Waals surface area contributed by atoms with E-state index in [2.05, 4.69) is 35.4 Å². The van der Waals surface area contributed by atoms with Gasteiger partial charge in [0.2, 0.25) is 0 Å². The first-order chi connectivity index (χ1) is 6.90. The summed E-state index contributed by atoms with van der Waals surface area (Å²) in [5.74, 6) is 1.42. The molecule has 1 aromatic heterocycles. The summed E-state index contributed by atoms with van der Waals surface area (Å²) in [5.41, 5.74) is 8.36. The van der Waals surface area contributed by atoms with Crippen molar-refractivity contribution in [2.45, 2.75) is 12.3 Å². The largest absolute Gasteiger partial charge is 0.361 e. The van der Waals surface area contributed by atoms with E-state index in [1.807, 2.05) is 0 Å². The Kier molecular flexibility index (Phi) is 1.64. The SMILES string of the molecule is NC[C@@H]1C[C@H]1c1c[nH]c2ccccc12. The number of nitrogens with two attached hydrogens (primary N) is 1. The Bertz CT molecular complexity index is 458. The zero-order chi connectivity index (χ0) is 9.54. The van der Waals surface area contributed by atoms with Gasteiger partial charge >= 0.3 is 0 Å². The first-order valence-electron chi connectivity index (χ1n) is 5.16. The van der Waals surface area contributed by atoms with Crippen LogP contribution in [0.5, 0.6) is 0 Å². The molecule has 1 aromatic carbocycles. The molecule has 72 valence electrons. The van der Waals surface area contributed by atoms with Gasteiger partial charge in [0.15, 0.2) is 0 Å². The third-order valence-corrected chi connectivity index (χ3v) is 3.25. The van der Waals surface area contributed by atoms with E-state index in [1.165, 1.54) is 22.9 Å². The molecule has 2 nitrogen and oxygen atoms in total. The van der Waals surface area contributed by atoms with Crippen LogP contribution in [0.4, 0.5) is 0 Å². The van der Waals surface area contributed by atoms with Crippen molar-refractivity contribution in [2.75, 3.05) is 6.54 Å². The van der Waals surface area contributed by atoms with Gasteiger partial charge in [-0.25, -0.2) is 0 Å². The summed E-state index contributed by atoms with van der Waals surface area (Å²) in [6, 6.07) is 8.47. The molecule has 1 saturated carbocycles. The predicted molar refractivity (Wildman–Crippen MR) is 58.2 cm³/mol. The molecule has 0 radical (unpaired) electrons. The molecule has 3 N–H and O–H groups in total. The maximum absolute atomic E-state index is 5.66. The third kappa shape index (κ3) is 1.07. The summed E-state index contributed by atoms with van der Waals surface area (Å²) in [5, 5.41) is 1.37. The Morgan fingerprint density at radius 2 is 2.21 bits per heavy atom. The minimum absolute atomic E-state index is 0.705. The molecule has 0 bridgehead atoms. The van der Waals surface area contributed by atoms with E-state index in [0.717, 1.165) is 6.54 Å². The fraction of sp³-hybridized carbons (Fsp3) is 0.333. The fourth-order valence-corrected chi connectivity index (χ4v) is 2.29. The Morgan fingerprint density at radius 1 is 1.36 bits per heavy atom. The molecule has 14 heavy (non-hydrogen) atoms. The Morgan fingerprint density at radius 3 is 3.00 bits per heavy atom. The lowest BCUT2D eigenvalue weighted by Gasteiger charge is -1.95. The average molecular weight is 186 g/mol. The first kappa shape index (κ1) is 8.06. The number of aromatic amines is 1. The maximum atomic E-state index is 5.66. The minimum Gasteiger partial charge on any atom is -0.361 e. The van der Waals surface area contributed by atoms with Crippen LogP contribution in [0.3, 0.4) is 0 Å². The second-order valence-electron chi connectivity index (χ2n) is 4.13. The van der Waals surface area contributed by atoms with Gasteiger partial charge in [-0.1, -0.05) is 18.2 Å². The number of para-hydroxylation sites is 1. The second-order valence-corrected chi connectivity index (χ2v) is 4.13. The highest BCUT2D eigenvalue weighted by Crippen LogP contribution is 2.48. The molecule has 1 fully saturated rings. The smallest absolute Gasteiger partial charge is 0.0456 e. The quantitative estimate of drug-likeness (QED) is 0.742. The van der Waals surface area contributed by atoms with Crippen molar-refractivity contribution in [1.82, 2.24) is 4.98 Å². The van der Waals surface area contributed by atoms with Crippen LogP contribution >= 0.6 is 0 Å². The van der Waals surface area contributed by atoms with E-state index < -0.39 is 0 Å². The first-order valence-corrected chi connectivity index (χ1v) is 5.16. The van der Waals surface area contributed by atoms with Crippen LogP contribution in [0.2, 0.25) is 0 Å². The van der Waals surface area contributed by atoms with Crippen LogP contribution in [0.25, 0.3) is 10.9 Å². The van der Waals surface area contributed by atoms with E-state index >= 15 is 0 Å². The van der Waals surface area contributed by atoms with Crippen molar-refractivity contribution < 1.29 is 0 Å². The number of H-pyrrole nitrogens is 1. The lowest BCUT2D eigenvalue weighted by molar-refractivity contribution is 0.812. The number of hydrogen-bond donors (Lipinski definition) is 2. The molecule has 0 aliphatic heterocycles. The normalized spacial score (nSPS) is 25.5. The molecule has 0 unspecified atom stereocenters. The fourth-order valence-electron chi connectivity index (χ4n) is 2.29. The topological polar surface area (TPSA) is 41.8 Å². The van der Waals surface area contributed by atoms with Crippen LogP contribution < -0.4 is 5.73 Å². The lowest BCUT2D eigenvalue weighted by atomic mass is 10.1. The van der Waals surface area contributed by atoms with Crippen molar-refractivity contribution >= 4 is 10.9 Å². The summed E-state index contributed by atoms with van der Waals surface area (Å²) in [4.78, 5) is 3.31. The van der Waals surface area contributed by atoms with Gasteiger partial charge in [-0.2, -0.15) is 0 Å². The Balaban J connectivity index is 2.06. The van der Waals surface area contributed by atoms with Gasteiger partial charge in [0.05, 0.1) is 0 Å². The van der Waals surface area contributed by atoms with Crippen molar-refractivity contribution in [3.8, 4) is 0 Å².